The van der Waals surface area contributed by atoms with Gasteiger partial charge in [0.25, 0.3) is 0 Å². The predicted molar refractivity (Wildman–Crippen MR) is 117 cm³/mol. The van der Waals surface area contributed by atoms with Crippen molar-refractivity contribution in [2.45, 2.75) is 75.2 Å². The molecule has 2 aromatic rings. The summed E-state index contributed by atoms with van der Waals surface area (Å²) in [7, 11) is -3.63. The summed E-state index contributed by atoms with van der Waals surface area (Å²) in [6.45, 7) is 8.53. The third-order valence-corrected chi connectivity index (χ3v) is 9.49. The van der Waals surface area contributed by atoms with Crippen LogP contribution in [0.5, 0.6) is 0 Å². The Morgan fingerprint density at radius 2 is 1.60 bits per heavy atom. The van der Waals surface area contributed by atoms with E-state index in [9.17, 15) is 12.8 Å². The van der Waals surface area contributed by atoms with E-state index in [0.29, 0.717) is 11.3 Å². The van der Waals surface area contributed by atoms with Crippen molar-refractivity contribution in [2.75, 3.05) is 0 Å². The smallest absolute Gasteiger partial charge is 0.184 e. The van der Waals surface area contributed by atoms with Gasteiger partial charge in [0.15, 0.2) is 9.84 Å². The van der Waals surface area contributed by atoms with Gasteiger partial charge in [0.1, 0.15) is 11.9 Å². The second-order valence-electron chi connectivity index (χ2n) is 9.93. The molecule has 2 aliphatic rings. The molecule has 1 heterocycles. The summed E-state index contributed by atoms with van der Waals surface area (Å²) in [6, 6.07) is 13.1. The Bertz CT molecular complexity index is 1010. The first kappa shape index (κ1) is 21.5. The van der Waals surface area contributed by atoms with Gasteiger partial charge in [-0.15, -0.1) is 0 Å². The van der Waals surface area contributed by atoms with E-state index in [0.717, 1.165) is 30.4 Å². The molecule has 1 aliphatic heterocycles. The molecule has 0 aromatic heterocycles. The molecule has 30 heavy (non-hydrogen) atoms. The zero-order chi connectivity index (χ0) is 21.7. The Morgan fingerprint density at radius 3 is 2.23 bits per heavy atom. The van der Waals surface area contributed by atoms with Crippen LogP contribution < -0.4 is 0 Å². The minimum absolute atomic E-state index is 0.00180. The van der Waals surface area contributed by atoms with Crippen LogP contribution in [0.15, 0.2) is 53.4 Å². The maximum Gasteiger partial charge on any atom is 0.184 e. The van der Waals surface area contributed by atoms with Gasteiger partial charge in [-0.1, -0.05) is 50.1 Å². The van der Waals surface area contributed by atoms with Crippen molar-refractivity contribution in [3.8, 4) is 0 Å². The molecule has 0 unspecified atom stereocenters. The number of fused-ring (bicyclic) bond motifs is 1. The molecule has 0 amide bonds. The topological polar surface area (TPSA) is 43.4 Å². The van der Waals surface area contributed by atoms with Crippen molar-refractivity contribution in [1.82, 2.24) is 0 Å². The lowest BCUT2D eigenvalue weighted by Crippen LogP contribution is -2.56. The molecule has 2 aromatic carbocycles. The fourth-order valence-electron chi connectivity index (χ4n) is 5.63. The molecule has 0 radical (unpaired) electrons. The summed E-state index contributed by atoms with van der Waals surface area (Å²) in [6.07, 6.45) is 2.96. The SMILES string of the molecule is Cc1ccc(S(=O)(=O)[C@@H]2C[C@H]3C(C)(C)CCC[C@]3(C)O[C@@H]2c2ccc(F)cc2)cc1. The molecule has 4 rings (SSSR count). The summed E-state index contributed by atoms with van der Waals surface area (Å²) in [5.41, 5.74) is 1.35. The van der Waals surface area contributed by atoms with Gasteiger partial charge in [0.2, 0.25) is 0 Å². The maximum atomic E-state index is 13.8. The first-order chi connectivity index (χ1) is 14.0. The van der Waals surface area contributed by atoms with Gasteiger partial charge in [0, 0.05) is 0 Å². The van der Waals surface area contributed by atoms with Crippen LogP contribution in [0.3, 0.4) is 0 Å². The highest BCUT2D eigenvalue weighted by Gasteiger charge is 2.56. The molecule has 0 spiro atoms. The zero-order valence-corrected chi connectivity index (χ0v) is 19.0. The van der Waals surface area contributed by atoms with Gasteiger partial charge in [0.05, 0.1) is 15.7 Å². The lowest BCUT2D eigenvalue weighted by atomic mass is 9.59. The van der Waals surface area contributed by atoms with Crippen molar-refractivity contribution in [2.24, 2.45) is 11.3 Å². The van der Waals surface area contributed by atoms with Crippen molar-refractivity contribution in [1.29, 1.82) is 0 Å². The van der Waals surface area contributed by atoms with Crippen molar-refractivity contribution < 1.29 is 17.5 Å². The standard InChI is InChI=1S/C25H31FO3S/c1-17-6-12-20(13-7-17)30(27,28)21-16-22-24(2,3)14-5-15-25(22,4)29-23(21)18-8-10-19(26)11-9-18/h6-13,21-23H,5,14-16H2,1-4H3/t21-,22+,23-,25+/m1/s1. The van der Waals surface area contributed by atoms with Crippen LogP contribution in [0.2, 0.25) is 0 Å². The molecule has 3 nitrogen and oxygen atoms in total. The molecule has 4 atom stereocenters. The van der Waals surface area contributed by atoms with Gasteiger partial charge in [-0.2, -0.15) is 0 Å². The summed E-state index contributed by atoms with van der Waals surface area (Å²) in [4.78, 5) is 0.325. The van der Waals surface area contributed by atoms with E-state index in [2.05, 4.69) is 20.8 Å². The fraction of sp³-hybridized carbons (Fsp3) is 0.520. The van der Waals surface area contributed by atoms with E-state index in [1.54, 1.807) is 24.3 Å². The number of sulfone groups is 1. The summed E-state index contributed by atoms with van der Waals surface area (Å²) >= 11 is 0. The molecule has 1 saturated carbocycles. The Hall–Kier alpha value is -1.72. The van der Waals surface area contributed by atoms with Crippen LogP contribution in [-0.2, 0) is 14.6 Å². The van der Waals surface area contributed by atoms with E-state index in [1.165, 1.54) is 12.1 Å². The Morgan fingerprint density at radius 1 is 0.967 bits per heavy atom. The zero-order valence-electron chi connectivity index (χ0n) is 18.2. The van der Waals surface area contributed by atoms with Gasteiger partial charge in [-0.25, -0.2) is 12.8 Å². The number of hydrogen-bond donors (Lipinski definition) is 0. The largest absolute Gasteiger partial charge is 0.366 e. The Balaban J connectivity index is 1.81. The second-order valence-corrected chi connectivity index (χ2v) is 12.1. The third-order valence-electron chi connectivity index (χ3n) is 7.32. The van der Waals surface area contributed by atoms with E-state index < -0.39 is 21.2 Å². The van der Waals surface area contributed by atoms with Gasteiger partial charge in [-0.3, -0.25) is 0 Å². The quantitative estimate of drug-likeness (QED) is 0.598. The Kier molecular flexibility index (Phi) is 5.34. The molecule has 0 bridgehead atoms. The van der Waals surface area contributed by atoms with E-state index in [1.807, 2.05) is 19.1 Å². The van der Waals surface area contributed by atoms with Gasteiger partial charge < -0.3 is 4.74 Å². The molecule has 2 fully saturated rings. The Labute approximate surface area is 179 Å². The highest BCUT2D eigenvalue weighted by Crippen LogP contribution is 2.56. The normalized spacial score (nSPS) is 31.2. The number of rotatable bonds is 3. The van der Waals surface area contributed by atoms with Crippen LogP contribution in [0, 0.1) is 24.1 Å². The van der Waals surface area contributed by atoms with Crippen LogP contribution in [0.1, 0.15) is 63.7 Å². The molecule has 1 aliphatic carbocycles. The minimum Gasteiger partial charge on any atom is -0.366 e. The van der Waals surface area contributed by atoms with Crippen LogP contribution >= 0.6 is 0 Å². The predicted octanol–water partition coefficient (Wildman–Crippen LogP) is 6.02. The summed E-state index contributed by atoms with van der Waals surface area (Å²) in [5, 5.41) is -0.707. The monoisotopic (exact) mass is 430 g/mol. The fourth-order valence-corrected chi connectivity index (χ4v) is 7.48. The maximum absolute atomic E-state index is 13.8. The molecule has 5 heteroatoms. The number of aryl methyl sites for hydroxylation is 1. The first-order valence-corrected chi connectivity index (χ1v) is 12.3. The minimum atomic E-state index is -3.63. The average molecular weight is 431 g/mol. The van der Waals surface area contributed by atoms with Crippen LogP contribution in [0.25, 0.3) is 0 Å². The molecule has 0 N–H and O–H groups in total. The van der Waals surface area contributed by atoms with Crippen molar-refractivity contribution in [3.63, 3.8) is 0 Å². The number of benzene rings is 2. The molecular weight excluding hydrogens is 399 g/mol. The lowest BCUT2D eigenvalue weighted by Gasteiger charge is -2.56. The lowest BCUT2D eigenvalue weighted by molar-refractivity contribution is -0.199. The van der Waals surface area contributed by atoms with Gasteiger partial charge in [-0.05, 0) is 74.3 Å². The highest BCUT2D eigenvalue weighted by molar-refractivity contribution is 7.92. The molecular formula is C25H31FO3S. The highest BCUT2D eigenvalue weighted by atomic mass is 32.2. The number of halogens is 1. The van der Waals surface area contributed by atoms with Crippen LogP contribution in [0.4, 0.5) is 4.39 Å². The van der Waals surface area contributed by atoms with Crippen LogP contribution in [-0.4, -0.2) is 19.3 Å². The van der Waals surface area contributed by atoms with Crippen molar-refractivity contribution in [3.05, 3.63) is 65.5 Å². The second kappa shape index (κ2) is 7.45. The van der Waals surface area contributed by atoms with E-state index in [-0.39, 0.29) is 22.8 Å². The third kappa shape index (κ3) is 3.71. The van der Waals surface area contributed by atoms with E-state index >= 15 is 0 Å². The van der Waals surface area contributed by atoms with Crippen molar-refractivity contribution >= 4 is 9.84 Å². The average Bonchev–Trinajstić information content (AvgIpc) is 2.67. The van der Waals surface area contributed by atoms with Gasteiger partial charge >= 0.3 is 0 Å². The number of hydrogen-bond acceptors (Lipinski definition) is 3. The number of ether oxygens (including phenoxy) is 1. The summed E-state index contributed by atoms with van der Waals surface area (Å²) in [5.74, 6) is -0.198. The molecule has 162 valence electrons. The molecule has 1 saturated heterocycles. The summed E-state index contributed by atoms with van der Waals surface area (Å²) < 4.78 is 47.8. The van der Waals surface area contributed by atoms with E-state index in [4.69, 9.17) is 4.74 Å². The first-order valence-electron chi connectivity index (χ1n) is 10.8.